The van der Waals surface area contributed by atoms with Crippen molar-refractivity contribution in [2.75, 3.05) is 23.8 Å². The van der Waals surface area contributed by atoms with E-state index in [1.807, 2.05) is 65.3 Å². The minimum absolute atomic E-state index is 0.139. The van der Waals surface area contributed by atoms with Crippen LogP contribution in [0.4, 0.5) is 10.2 Å². The Balaban J connectivity index is 1.18. The molecule has 1 saturated heterocycles. The highest BCUT2D eigenvalue weighted by molar-refractivity contribution is 7.19. The third kappa shape index (κ3) is 4.89. The Morgan fingerprint density at radius 3 is 2.60 bits per heavy atom. The van der Waals surface area contributed by atoms with Gasteiger partial charge in [-0.25, -0.2) is 29.0 Å². The van der Waals surface area contributed by atoms with Crippen LogP contribution < -0.4 is 16.1 Å². The molecule has 2 aromatic carbocycles. The minimum atomic E-state index is -0.571. The minimum Gasteiger partial charge on any atom is -0.383 e. The number of nitrogens with two attached hydrogens (primary N) is 1. The highest BCUT2D eigenvalue weighted by atomic mass is 32.1. The second-order valence-corrected chi connectivity index (χ2v) is 11.2. The van der Waals surface area contributed by atoms with Crippen molar-refractivity contribution in [3.8, 4) is 28.7 Å². The third-order valence-electron chi connectivity index (χ3n) is 7.52. The average Bonchev–Trinajstić information content (AvgIpc) is 3.62. The Hall–Kier alpha value is -5.41. The molecular weight excluding hydrogens is 565 g/mol. The lowest BCUT2D eigenvalue weighted by atomic mass is 10.1. The number of nitrogens with zero attached hydrogens (tertiary/aromatic N) is 7. The van der Waals surface area contributed by atoms with E-state index < -0.39 is 5.82 Å². The van der Waals surface area contributed by atoms with Crippen molar-refractivity contribution in [1.29, 1.82) is 5.26 Å². The van der Waals surface area contributed by atoms with Gasteiger partial charge in [0, 0.05) is 37.0 Å². The first-order chi connectivity index (χ1) is 21.0. The molecule has 1 aliphatic rings. The number of imidazole rings is 1. The largest absolute Gasteiger partial charge is 0.383 e. The second kappa shape index (κ2) is 10.8. The number of hydrogen-bond acceptors (Lipinski definition) is 9. The van der Waals surface area contributed by atoms with Crippen LogP contribution in [0.2, 0.25) is 0 Å². The number of fused-ring (bicyclic) bond motifs is 2. The maximum atomic E-state index is 14.3. The quantitative estimate of drug-likeness (QED) is 0.290. The van der Waals surface area contributed by atoms with Gasteiger partial charge in [0.1, 0.15) is 23.2 Å². The van der Waals surface area contributed by atoms with Crippen LogP contribution in [-0.4, -0.2) is 49.7 Å². The Morgan fingerprint density at radius 2 is 1.84 bits per heavy atom. The molecule has 1 aliphatic heterocycles. The number of hydrogen-bond donors (Lipinski definition) is 2. The van der Waals surface area contributed by atoms with Gasteiger partial charge in [0.2, 0.25) is 0 Å². The number of pyridine rings is 2. The molecular formula is C31H24FN9OS. The summed E-state index contributed by atoms with van der Waals surface area (Å²) in [6.45, 7) is 1.19. The van der Waals surface area contributed by atoms with Gasteiger partial charge in [0.05, 0.1) is 27.0 Å². The van der Waals surface area contributed by atoms with Gasteiger partial charge in [-0.2, -0.15) is 5.26 Å². The summed E-state index contributed by atoms with van der Waals surface area (Å²) >= 11 is 1.08. The van der Waals surface area contributed by atoms with Crippen LogP contribution in [0.15, 0.2) is 72.9 Å². The van der Waals surface area contributed by atoms with E-state index in [1.54, 1.807) is 6.20 Å². The number of nitriles is 1. The predicted octanol–water partition coefficient (Wildman–Crippen LogP) is 4.89. The average molecular weight is 590 g/mol. The van der Waals surface area contributed by atoms with Crippen molar-refractivity contribution < 1.29 is 9.18 Å². The maximum Gasteiger partial charge on any atom is 0.253 e. The number of carbonyl (C=O) groups excluding carboxylic acids is 1. The first-order valence-electron chi connectivity index (χ1n) is 13.7. The molecule has 10 nitrogen and oxygen atoms in total. The zero-order valence-corrected chi connectivity index (χ0v) is 23.6. The molecule has 43 heavy (non-hydrogen) atoms. The molecule has 0 spiro atoms. The zero-order chi connectivity index (χ0) is 29.5. The Kier molecular flexibility index (Phi) is 6.64. The number of aromatic nitrogens is 5. The van der Waals surface area contributed by atoms with Crippen LogP contribution in [0.3, 0.4) is 0 Å². The number of halogens is 1. The number of rotatable bonds is 5. The van der Waals surface area contributed by atoms with Crippen molar-refractivity contribution in [3.05, 3.63) is 89.3 Å². The molecule has 7 rings (SSSR count). The summed E-state index contributed by atoms with van der Waals surface area (Å²) in [5.41, 5.74) is 10.7. The highest BCUT2D eigenvalue weighted by Crippen LogP contribution is 2.31. The second-order valence-electron chi connectivity index (χ2n) is 10.2. The van der Waals surface area contributed by atoms with E-state index in [9.17, 15) is 14.4 Å². The van der Waals surface area contributed by atoms with E-state index in [0.29, 0.717) is 59.0 Å². The van der Waals surface area contributed by atoms with Crippen LogP contribution in [0.5, 0.6) is 0 Å². The first-order valence-corrected chi connectivity index (χ1v) is 14.5. The normalized spacial score (nSPS) is 13.8. The fourth-order valence-electron chi connectivity index (χ4n) is 5.45. The molecule has 0 unspecified atom stereocenters. The molecule has 3 N–H and O–H groups in total. The van der Waals surface area contributed by atoms with Gasteiger partial charge in [-0.15, -0.1) is 11.3 Å². The van der Waals surface area contributed by atoms with E-state index in [1.165, 1.54) is 12.1 Å². The lowest BCUT2D eigenvalue weighted by Gasteiger charge is -2.35. The van der Waals surface area contributed by atoms with Gasteiger partial charge in [0.25, 0.3) is 5.91 Å². The summed E-state index contributed by atoms with van der Waals surface area (Å²) in [7, 11) is 0. The topological polar surface area (TPSA) is 139 Å². The standard InChI is InChI=1S/C31H24FN9OS/c32-19-15-22(27-25(16-19)37-26(17-33)43-27)31(42)36-20-10-13-40(14-11-20)41-29(21-7-4-12-35-28(21)34)39-24-9-8-23(38-30(24)41)18-5-2-1-3-6-18/h1-9,12,15-16,20H,10-11,13-14H2,(H2,34,35)(H,36,42). The number of carbonyl (C=O) groups is 1. The molecule has 212 valence electrons. The van der Waals surface area contributed by atoms with Crippen molar-refractivity contribution in [3.63, 3.8) is 0 Å². The molecule has 0 atom stereocenters. The number of amides is 1. The fraction of sp³-hybridized carbons (Fsp3) is 0.161. The maximum absolute atomic E-state index is 14.3. The molecule has 12 heteroatoms. The van der Waals surface area contributed by atoms with Crippen LogP contribution >= 0.6 is 11.3 Å². The number of piperidine rings is 1. The molecule has 6 aromatic rings. The van der Waals surface area contributed by atoms with Gasteiger partial charge < -0.3 is 16.1 Å². The van der Waals surface area contributed by atoms with Gasteiger partial charge in [0.15, 0.2) is 16.5 Å². The van der Waals surface area contributed by atoms with Crippen molar-refractivity contribution >= 4 is 44.4 Å². The molecule has 0 saturated carbocycles. The van der Waals surface area contributed by atoms with E-state index in [2.05, 4.69) is 20.3 Å². The van der Waals surface area contributed by atoms with Gasteiger partial charge in [-0.1, -0.05) is 30.3 Å². The predicted molar refractivity (Wildman–Crippen MR) is 163 cm³/mol. The number of anilines is 1. The Bertz CT molecular complexity index is 2040. The highest BCUT2D eigenvalue weighted by Gasteiger charge is 2.27. The molecule has 0 radical (unpaired) electrons. The lowest BCUT2D eigenvalue weighted by molar-refractivity contribution is 0.0931. The van der Waals surface area contributed by atoms with E-state index in [-0.39, 0.29) is 22.5 Å². The van der Waals surface area contributed by atoms with E-state index in [4.69, 9.17) is 15.7 Å². The number of benzene rings is 2. The van der Waals surface area contributed by atoms with Crippen LogP contribution in [0.25, 0.3) is 44.0 Å². The Labute approximate surface area is 249 Å². The molecule has 0 aliphatic carbocycles. The van der Waals surface area contributed by atoms with Crippen molar-refractivity contribution in [1.82, 2.24) is 29.9 Å². The molecule has 1 fully saturated rings. The van der Waals surface area contributed by atoms with Crippen LogP contribution in [0, 0.1) is 17.1 Å². The van der Waals surface area contributed by atoms with Gasteiger partial charge in [-0.3, -0.25) is 4.79 Å². The van der Waals surface area contributed by atoms with Gasteiger partial charge in [-0.05, 0) is 43.2 Å². The van der Waals surface area contributed by atoms with E-state index in [0.717, 1.165) is 28.1 Å². The SMILES string of the molecule is N#Cc1nc2cc(F)cc(C(=O)NC3CCN(n4c(-c5cccnc5N)nc5ccc(-c6ccccc6)nc54)CC3)c2s1. The monoisotopic (exact) mass is 589 g/mol. The van der Waals surface area contributed by atoms with Crippen molar-refractivity contribution in [2.24, 2.45) is 0 Å². The molecule has 0 bridgehead atoms. The summed E-state index contributed by atoms with van der Waals surface area (Å²) < 4.78 is 16.8. The summed E-state index contributed by atoms with van der Waals surface area (Å²) in [6.07, 6.45) is 2.91. The smallest absolute Gasteiger partial charge is 0.253 e. The van der Waals surface area contributed by atoms with Gasteiger partial charge >= 0.3 is 0 Å². The fourth-order valence-corrected chi connectivity index (χ4v) is 6.31. The number of thiazole rings is 1. The summed E-state index contributed by atoms with van der Waals surface area (Å²) in [5.74, 6) is 0.0518. The van der Waals surface area contributed by atoms with Crippen LogP contribution in [0.1, 0.15) is 28.2 Å². The lowest BCUT2D eigenvalue weighted by Crippen LogP contribution is -2.48. The van der Waals surface area contributed by atoms with Crippen LogP contribution in [-0.2, 0) is 0 Å². The molecule has 4 aromatic heterocycles. The number of nitrogens with one attached hydrogen (secondary N) is 1. The number of nitrogen functional groups attached to an aromatic ring is 1. The van der Waals surface area contributed by atoms with Crippen molar-refractivity contribution in [2.45, 2.75) is 18.9 Å². The molecule has 5 heterocycles. The summed E-state index contributed by atoms with van der Waals surface area (Å²) in [6, 6.07) is 21.9. The first kappa shape index (κ1) is 26.5. The zero-order valence-electron chi connectivity index (χ0n) is 22.7. The molecule has 1 amide bonds. The summed E-state index contributed by atoms with van der Waals surface area (Å²) in [5, 5.41) is 14.6. The Morgan fingerprint density at radius 1 is 1.02 bits per heavy atom. The summed E-state index contributed by atoms with van der Waals surface area (Å²) in [4.78, 5) is 31.6. The van der Waals surface area contributed by atoms with E-state index >= 15 is 0 Å². The third-order valence-corrected chi connectivity index (χ3v) is 8.52.